The minimum Gasteiger partial charge on any atom is -0.384 e. The van der Waals surface area contributed by atoms with Gasteiger partial charge in [-0.25, -0.2) is 0 Å². The standard InChI is InChI=1S/C13H16F3N/c1-8(2)10-6-9-4-3-5-11(13(14,15)16)12(9)17-7-10/h3-5,8,10,17H,6-7H2,1-2H3. The van der Waals surface area contributed by atoms with E-state index in [1.54, 1.807) is 6.07 Å². The first-order valence-corrected chi connectivity index (χ1v) is 5.82. The van der Waals surface area contributed by atoms with E-state index in [-0.39, 0.29) is 5.69 Å². The first-order valence-electron chi connectivity index (χ1n) is 5.82. The molecular weight excluding hydrogens is 227 g/mol. The third-order valence-corrected chi connectivity index (χ3v) is 3.42. The van der Waals surface area contributed by atoms with E-state index in [9.17, 15) is 13.2 Å². The number of alkyl halides is 3. The number of hydrogen-bond acceptors (Lipinski definition) is 1. The van der Waals surface area contributed by atoms with Crippen molar-refractivity contribution >= 4 is 5.69 Å². The van der Waals surface area contributed by atoms with Crippen molar-refractivity contribution in [3.8, 4) is 0 Å². The van der Waals surface area contributed by atoms with Gasteiger partial charge in [-0.15, -0.1) is 0 Å². The topological polar surface area (TPSA) is 12.0 Å². The average molecular weight is 243 g/mol. The van der Waals surface area contributed by atoms with Crippen LogP contribution in [0, 0.1) is 11.8 Å². The fourth-order valence-corrected chi connectivity index (χ4v) is 2.27. The lowest BCUT2D eigenvalue weighted by Gasteiger charge is -2.30. The second-order valence-corrected chi connectivity index (χ2v) is 4.93. The molecule has 1 aliphatic rings. The molecule has 4 heteroatoms. The zero-order valence-corrected chi connectivity index (χ0v) is 9.93. The van der Waals surface area contributed by atoms with Gasteiger partial charge in [-0.05, 0) is 29.9 Å². The van der Waals surface area contributed by atoms with E-state index >= 15 is 0 Å². The molecule has 0 spiro atoms. The fraction of sp³-hybridized carbons (Fsp3) is 0.538. The second-order valence-electron chi connectivity index (χ2n) is 4.93. The summed E-state index contributed by atoms with van der Waals surface area (Å²) in [5, 5.41) is 2.95. The number of rotatable bonds is 1. The molecule has 0 amide bonds. The molecule has 1 aliphatic heterocycles. The molecule has 1 aromatic carbocycles. The van der Waals surface area contributed by atoms with E-state index in [1.807, 2.05) is 0 Å². The maximum absolute atomic E-state index is 12.8. The van der Waals surface area contributed by atoms with Gasteiger partial charge in [0.15, 0.2) is 0 Å². The molecule has 1 atom stereocenters. The van der Waals surface area contributed by atoms with Gasteiger partial charge >= 0.3 is 6.18 Å². The van der Waals surface area contributed by atoms with Crippen LogP contribution in [0.2, 0.25) is 0 Å². The van der Waals surface area contributed by atoms with Crippen molar-refractivity contribution in [2.45, 2.75) is 26.4 Å². The highest BCUT2D eigenvalue weighted by Crippen LogP contribution is 2.39. The van der Waals surface area contributed by atoms with Crippen molar-refractivity contribution < 1.29 is 13.2 Å². The van der Waals surface area contributed by atoms with Crippen LogP contribution in [0.5, 0.6) is 0 Å². The zero-order valence-electron chi connectivity index (χ0n) is 9.93. The van der Waals surface area contributed by atoms with Crippen LogP contribution in [0.25, 0.3) is 0 Å². The van der Waals surface area contributed by atoms with Crippen molar-refractivity contribution in [3.05, 3.63) is 29.3 Å². The lowest BCUT2D eigenvalue weighted by molar-refractivity contribution is -0.137. The van der Waals surface area contributed by atoms with Crippen molar-refractivity contribution in [3.63, 3.8) is 0 Å². The average Bonchev–Trinajstić information content (AvgIpc) is 2.26. The Bertz CT molecular complexity index is 410. The van der Waals surface area contributed by atoms with E-state index in [2.05, 4.69) is 19.2 Å². The Balaban J connectivity index is 2.36. The summed E-state index contributed by atoms with van der Waals surface area (Å²) in [7, 11) is 0. The highest BCUT2D eigenvalue weighted by molar-refractivity contribution is 5.60. The summed E-state index contributed by atoms with van der Waals surface area (Å²) in [5.41, 5.74) is 0.513. The van der Waals surface area contributed by atoms with Crippen molar-refractivity contribution in [1.29, 1.82) is 0 Å². The third kappa shape index (κ3) is 2.40. The Hall–Kier alpha value is -1.19. The van der Waals surface area contributed by atoms with Crippen molar-refractivity contribution in [2.24, 2.45) is 11.8 Å². The molecular formula is C13H16F3N. The molecule has 0 aromatic heterocycles. The van der Waals surface area contributed by atoms with Gasteiger partial charge in [-0.2, -0.15) is 13.2 Å². The summed E-state index contributed by atoms with van der Waals surface area (Å²) in [5.74, 6) is 0.885. The molecule has 17 heavy (non-hydrogen) atoms. The van der Waals surface area contributed by atoms with Gasteiger partial charge in [0.1, 0.15) is 0 Å². The fourth-order valence-electron chi connectivity index (χ4n) is 2.27. The number of halogens is 3. The zero-order chi connectivity index (χ0) is 12.6. The molecule has 1 aromatic rings. The second kappa shape index (κ2) is 4.24. The van der Waals surface area contributed by atoms with Gasteiger partial charge in [-0.3, -0.25) is 0 Å². The van der Waals surface area contributed by atoms with E-state index in [4.69, 9.17) is 0 Å². The Morgan fingerprint density at radius 2 is 2.00 bits per heavy atom. The number of benzene rings is 1. The molecule has 2 rings (SSSR count). The molecule has 1 unspecified atom stereocenters. The van der Waals surface area contributed by atoms with E-state index in [0.717, 1.165) is 18.1 Å². The summed E-state index contributed by atoms with van der Waals surface area (Å²) < 4.78 is 38.4. The van der Waals surface area contributed by atoms with Crippen LogP contribution in [0.4, 0.5) is 18.9 Å². The molecule has 1 N–H and O–H groups in total. The predicted octanol–water partition coefficient (Wildman–Crippen LogP) is 3.95. The minimum atomic E-state index is -4.27. The molecule has 1 heterocycles. The summed E-state index contributed by atoms with van der Waals surface area (Å²) in [6.07, 6.45) is -3.55. The van der Waals surface area contributed by atoms with Crippen LogP contribution in [-0.4, -0.2) is 6.54 Å². The first-order chi connectivity index (χ1) is 7.89. The molecule has 0 bridgehead atoms. The van der Waals surface area contributed by atoms with Gasteiger partial charge in [0, 0.05) is 12.2 Å². The number of anilines is 1. The number of nitrogens with one attached hydrogen (secondary N) is 1. The van der Waals surface area contributed by atoms with Crippen molar-refractivity contribution in [2.75, 3.05) is 11.9 Å². The molecule has 94 valence electrons. The van der Waals surface area contributed by atoms with Gasteiger partial charge in [0.05, 0.1) is 5.56 Å². The van der Waals surface area contributed by atoms with Gasteiger partial charge in [-0.1, -0.05) is 26.0 Å². The Kier molecular flexibility index (Phi) is 3.06. The first kappa shape index (κ1) is 12.3. The quantitative estimate of drug-likeness (QED) is 0.787. The predicted molar refractivity (Wildman–Crippen MR) is 62.0 cm³/mol. The van der Waals surface area contributed by atoms with Gasteiger partial charge < -0.3 is 5.32 Å². The van der Waals surface area contributed by atoms with Gasteiger partial charge in [0.2, 0.25) is 0 Å². The Morgan fingerprint density at radius 3 is 2.59 bits per heavy atom. The lowest BCUT2D eigenvalue weighted by Crippen LogP contribution is -2.28. The number of fused-ring (bicyclic) bond motifs is 1. The van der Waals surface area contributed by atoms with Crippen molar-refractivity contribution in [1.82, 2.24) is 0 Å². The minimum absolute atomic E-state index is 0.275. The maximum atomic E-state index is 12.8. The highest BCUT2D eigenvalue weighted by Gasteiger charge is 2.36. The molecule has 0 aliphatic carbocycles. The van der Waals surface area contributed by atoms with E-state index in [0.29, 0.717) is 18.4 Å². The van der Waals surface area contributed by atoms with Crippen LogP contribution in [0.3, 0.4) is 0 Å². The molecule has 0 fully saturated rings. The monoisotopic (exact) mass is 243 g/mol. The summed E-state index contributed by atoms with van der Waals surface area (Å²) in [4.78, 5) is 0. The summed E-state index contributed by atoms with van der Waals surface area (Å²) >= 11 is 0. The Morgan fingerprint density at radius 1 is 1.29 bits per heavy atom. The lowest BCUT2D eigenvalue weighted by atomic mass is 9.85. The van der Waals surface area contributed by atoms with Gasteiger partial charge in [0.25, 0.3) is 0 Å². The van der Waals surface area contributed by atoms with E-state index < -0.39 is 11.7 Å². The van der Waals surface area contributed by atoms with Crippen LogP contribution < -0.4 is 5.32 Å². The summed E-state index contributed by atoms with van der Waals surface area (Å²) in [6.45, 7) is 4.83. The van der Waals surface area contributed by atoms with Crippen LogP contribution in [0.15, 0.2) is 18.2 Å². The highest BCUT2D eigenvalue weighted by atomic mass is 19.4. The molecule has 0 saturated carbocycles. The van der Waals surface area contributed by atoms with Crippen LogP contribution in [-0.2, 0) is 12.6 Å². The third-order valence-electron chi connectivity index (χ3n) is 3.42. The molecule has 1 nitrogen and oxygen atoms in total. The molecule has 0 radical (unpaired) electrons. The Labute approximate surface area is 99.0 Å². The maximum Gasteiger partial charge on any atom is 0.418 e. The number of hydrogen-bond donors (Lipinski definition) is 1. The molecule has 0 saturated heterocycles. The largest absolute Gasteiger partial charge is 0.418 e. The van der Waals surface area contributed by atoms with Crippen LogP contribution in [0.1, 0.15) is 25.0 Å². The SMILES string of the molecule is CC(C)C1CNc2c(cccc2C(F)(F)F)C1. The smallest absolute Gasteiger partial charge is 0.384 e. The van der Waals surface area contributed by atoms with E-state index in [1.165, 1.54) is 6.07 Å². The van der Waals surface area contributed by atoms with Crippen LogP contribution >= 0.6 is 0 Å². The number of para-hydroxylation sites is 1. The normalized spacial score (nSPS) is 20.0. The summed E-state index contributed by atoms with van der Waals surface area (Å²) in [6, 6.07) is 4.42.